The van der Waals surface area contributed by atoms with Crippen LogP contribution in [0.1, 0.15) is 10.4 Å². The van der Waals surface area contributed by atoms with Gasteiger partial charge in [-0.2, -0.15) is 0 Å². The average molecular weight is 402 g/mol. The number of nitrogens with one attached hydrogen (secondary N) is 3. The van der Waals surface area contributed by atoms with Gasteiger partial charge in [-0.25, -0.2) is 19.6 Å². The van der Waals surface area contributed by atoms with Crippen LogP contribution in [0, 0.1) is 0 Å². The first-order chi connectivity index (χ1) is 14.8. The molecule has 0 saturated heterocycles. The molecule has 4 aromatic rings. The summed E-state index contributed by atoms with van der Waals surface area (Å²) in [6.45, 7) is 0.916. The van der Waals surface area contributed by atoms with E-state index in [-0.39, 0.29) is 5.91 Å². The molecule has 0 radical (unpaired) electrons. The highest BCUT2D eigenvalue weighted by molar-refractivity contribution is 5.94. The molecular formula is C19H18N10O. The lowest BCUT2D eigenvalue weighted by Gasteiger charge is -2.09. The number of anilines is 3. The van der Waals surface area contributed by atoms with Gasteiger partial charge < -0.3 is 16.0 Å². The van der Waals surface area contributed by atoms with Gasteiger partial charge in [-0.05, 0) is 40.8 Å². The van der Waals surface area contributed by atoms with E-state index in [1.54, 1.807) is 30.5 Å². The Balaban J connectivity index is 1.28. The van der Waals surface area contributed by atoms with Crippen molar-refractivity contribution in [2.75, 3.05) is 23.7 Å². The number of tetrazole rings is 1. The van der Waals surface area contributed by atoms with Gasteiger partial charge in [-0.1, -0.05) is 12.1 Å². The van der Waals surface area contributed by atoms with Crippen molar-refractivity contribution in [1.29, 1.82) is 0 Å². The highest BCUT2D eigenvalue weighted by Crippen LogP contribution is 2.13. The van der Waals surface area contributed by atoms with Crippen molar-refractivity contribution in [3.8, 4) is 5.69 Å². The molecule has 1 amide bonds. The van der Waals surface area contributed by atoms with Crippen molar-refractivity contribution < 1.29 is 4.79 Å². The second-order valence-corrected chi connectivity index (χ2v) is 6.12. The van der Waals surface area contributed by atoms with E-state index in [0.29, 0.717) is 41.8 Å². The molecule has 1 aromatic carbocycles. The molecule has 0 aliphatic carbocycles. The van der Waals surface area contributed by atoms with Crippen LogP contribution in [0.15, 0.2) is 67.4 Å². The number of hydrogen-bond donors (Lipinski definition) is 3. The molecule has 0 bridgehead atoms. The second kappa shape index (κ2) is 9.19. The van der Waals surface area contributed by atoms with E-state index >= 15 is 0 Å². The number of pyridine rings is 1. The molecule has 0 unspecified atom stereocenters. The third kappa shape index (κ3) is 4.90. The van der Waals surface area contributed by atoms with Crippen molar-refractivity contribution >= 4 is 23.4 Å². The maximum Gasteiger partial charge on any atom is 0.251 e. The summed E-state index contributed by atoms with van der Waals surface area (Å²) >= 11 is 0. The molecule has 0 aliphatic rings. The number of aromatic nitrogens is 7. The molecule has 0 spiro atoms. The number of benzene rings is 1. The van der Waals surface area contributed by atoms with Gasteiger partial charge in [0.15, 0.2) is 0 Å². The fourth-order valence-electron chi connectivity index (χ4n) is 2.63. The zero-order valence-electron chi connectivity index (χ0n) is 15.8. The van der Waals surface area contributed by atoms with Crippen molar-refractivity contribution in [2.45, 2.75) is 0 Å². The first-order valence-corrected chi connectivity index (χ1v) is 9.13. The lowest BCUT2D eigenvalue weighted by Crippen LogP contribution is -2.29. The van der Waals surface area contributed by atoms with E-state index in [4.69, 9.17) is 0 Å². The Kier molecular flexibility index (Phi) is 5.80. The fraction of sp³-hybridized carbons (Fsp3) is 0.105. The van der Waals surface area contributed by atoms with Gasteiger partial charge in [0.25, 0.3) is 5.91 Å². The Morgan fingerprint density at radius 2 is 1.87 bits per heavy atom. The van der Waals surface area contributed by atoms with E-state index < -0.39 is 0 Å². The first kappa shape index (κ1) is 18.9. The zero-order chi connectivity index (χ0) is 20.6. The summed E-state index contributed by atoms with van der Waals surface area (Å²) < 4.78 is 1.49. The summed E-state index contributed by atoms with van der Waals surface area (Å²) in [5, 5.41) is 20.1. The Morgan fingerprint density at radius 3 is 2.70 bits per heavy atom. The number of hydrogen-bond acceptors (Lipinski definition) is 9. The van der Waals surface area contributed by atoms with Crippen molar-refractivity contribution in [2.24, 2.45) is 0 Å². The maximum atomic E-state index is 12.4. The van der Waals surface area contributed by atoms with Gasteiger partial charge in [-0.3, -0.25) is 4.79 Å². The minimum atomic E-state index is -0.188. The lowest BCUT2D eigenvalue weighted by atomic mass is 10.2. The zero-order valence-corrected chi connectivity index (χ0v) is 15.8. The van der Waals surface area contributed by atoms with Gasteiger partial charge in [0.2, 0.25) is 0 Å². The molecule has 3 heterocycles. The predicted octanol–water partition coefficient (Wildman–Crippen LogP) is 1.43. The summed E-state index contributed by atoms with van der Waals surface area (Å²) in [4.78, 5) is 24.9. The van der Waals surface area contributed by atoms with Crippen LogP contribution in [0.5, 0.6) is 0 Å². The summed E-state index contributed by atoms with van der Waals surface area (Å²) in [6, 6.07) is 14.4. The summed E-state index contributed by atoms with van der Waals surface area (Å²) in [5.74, 6) is 1.76. The molecule has 3 aromatic heterocycles. The molecule has 11 nitrogen and oxygen atoms in total. The Labute approximate surface area is 171 Å². The standard InChI is InChI=1S/C19H18N10O/c30-19(14-4-3-5-15(10-14)29-13-25-27-28-29)22-9-8-21-17-11-18(24-12-23-17)26-16-6-1-2-7-20-16/h1-7,10-13H,8-9H2,(H,22,30)(H2,20,21,23,24,26). The van der Waals surface area contributed by atoms with Crippen molar-refractivity contribution in [3.63, 3.8) is 0 Å². The molecule has 4 rings (SSSR count). The van der Waals surface area contributed by atoms with E-state index in [2.05, 4.69) is 46.4 Å². The monoisotopic (exact) mass is 402 g/mol. The third-order valence-corrected chi connectivity index (χ3v) is 4.03. The first-order valence-electron chi connectivity index (χ1n) is 9.13. The third-order valence-electron chi connectivity index (χ3n) is 4.03. The molecule has 3 N–H and O–H groups in total. The quantitative estimate of drug-likeness (QED) is 0.374. The maximum absolute atomic E-state index is 12.4. The lowest BCUT2D eigenvalue weighted by molar-refractivity contribution is 0.0955. The average Bonchev–Trinajstić information content (AvgIpc) is 3.33. The van der Waals surface area contributed by atoms with Crippen LogP contribution in [0.4, 0.5) is 17.5 Å². The summed E-state index contributed by atoms with van der Waals surface area (Å²) in [7, 11) is 0. The SMILES string of the molecule is O=C(NCCNc1cc(Nc2ccccn2)ncn1)c1cccc(-n2cnnn2)c1. The highest BCUT2D eigenvalue weighted by Gasteiger charge is 2.07. The number of carbonyl (C=O) groups is 1. The van der Waals surface area contributed by atoms with Gasteiger partial charge >= 0.3 is 0 Å². The van der Waals surface area contributed by atoms with Gasteiger partial charge in [-0.15, -0.1) is 5.10 Å². The molecular weight excluding hydrogens is 384 g/mol. The van der Waals surface area contributed by atoms with E-state index in [9.17, 15) is 4.79 Å². The van der Waals surface area contributed by atoms with Crippen LogP contribution < -0.4 is 16.0 Å². The van der Waals surface area contributed by atoms with Crippen LogP contribution in [-0.4, -0.2) is 54.2 Å². The van der Waals surface area contributed by atoms with Gasteiger partial charge in [0.1, 0.15) is 30.1 Å². The molecule has 11 heteroatoms. The number of amides is 1. The minimum Gasteiger partial charge on any atom is -0.368 e. The van der Waals surface area contributed by atoms with Crippen LogP contribution in [0.2, 0.25) is 0 Å². The van der Waals surface area contributed by atoms with Crippen LogP contribution in [0.3, 0.4) is 0 Å². The van der Waals surface area contributed by atoms with E-state index in [1.165, 1.54) is 17.3 Å². The predicted molar refractivity (Wildman–Crippen MR) is 110 cm³/mol. The molecule has 0 saturated carbocycles. The van der Waals surface area contributed by atoms with Gasteiger partial charge in [0, 0.05) is 30.9 Å². The topological polar surface area (TPSA) is 135 Å². The summed E-state index contributed by atoms with van der Waals surface area (Å²) in [6.07, 6.45) is 4.63. The Bertz CT molecular complexity index is 1100. The normalized spacial score (nSPS) is 10.4. The second-order valence-electron chi connectivity index (χ2n) is 6.12. The van der Waals surface area contributed by atoms with E-state index in [1.807, 2.05) is 24.3 Å². The van der Waals surface area contributed by atoms with Crippen LogP contribution in [-0.2, 0) is 0 Å². The Hall–Kier alpha value is -4.41. The van der Waals surface area contributed by atoms with Crippen molar-refractivity contribution in [1.82, 2.24) is 40.5 Å². The number of rotatable bonds is 8. The fourth-order valence-corrected chi connectivity index (χ4v) is 2.63. The van der Waals surface area contributed by atoms with Gasteiger partial charge in [0.05, 0.1) is 5.69 Å². The molecule has 0 fully saturated rings. The Morgan fingerprint density at radius 1 is 0.933 bits per heavy atom. The van der Waals surface area contributed by atoms with Crippen LogP contribution in [0.25, 0.3) is 5.69 Å². The van der Waals surface area contributed by atoms with E-state index in [0.717, 1.165) is 0 Å². The largest absolute Gasteiger partial charge is 0.368 e. The smallest absolute Gasteiger partial charge is 0.251 e. The minimum absolute atomic E-state index is 0.188. The van der Waals surface area contributed by atoms with Crippen molar-refractivity contribution in [3.05, 3.63) is 72.9 Å². The van der Waals surface area contributed by atoms with Crippen LogP contribution >= 0.6 is 0 Å². The highest BCUT2D eigenvalue weighted by atomic mass is 16.1. The molecule has 0 atom stereocenters. The summed E-state index contributed by atoms with van der Waals surface area (Å²) in [5.41, 5.74) is 1.23. The number of nitrogens with zero attached hydrogens (tertiary/aromatic N) is 7. The molecule has 150 valence electrons. The molecule has 0 aliphatic heterocycles. The number of carbonyl (C=O) groups excluding carboxylic acids is 1. The molecule has 30 heavy (non-hydrogen) atoms.